The minimum Gasteiger partial charge on any atom is -0.350 e. The SMILES string of the molecule is O=C(NCCn1nc(-c2ccc(F)cc2)n(C2CC2)c1=O)c1ccccc1F. The van der Waals surface area contributed by atoms with E-state index in [9.17, 15) is 18.4 Å². The van der Waals surface area contributed by atoms with Crippen molar-refractivity contribution < 1.29 is 13.6 Å². The Morgan fingerprint density at radius 1 is 1.11 bits per heavy atom. The van der Waals surface area contributed by atoms with Crippen LogP contribution in [0.4, 0.5) is 8.78 Å². The lowest BCUT2D eigenvalue weighted by atomic mass is 10.2. The topological polar surface area (TPSA) is 68.9 Å². The fraction of sp³-hybridized carbons (Fsp3) is 0.250. The van der Waals surface area contributed by atoms with Crippen molar-refractivity contribution in [2.45, 2.75) is 25.4 Å². The lowest BCUT2D eigenvalue weighted by Gasteiger charge is -2.05. The van der Waals surface area contributed by atoms with E-state index in [-0.39, 0.29) is 36.2 Å². The first-order valence-corrected chi connectivity index (χ1v) is 9.02. The maximum atomic E-state index is 13.7. The number of amides is 1. The average Bonchev–Trinajstić information content (AvgIpc) is 3.47. The van der Waals surface area contributed by atoms with Gasteiger partial charge in [0, 0.05) is 18.2 Å². The van der Waals surface area contributed by atoms with Crippen LogP contribution in [0.25, 0.3) is 11.4 Å². The predicted octanol–water partition coefficient (Wildman–Crippen LogP) is 2.75. The minimum atomic E-state index is -0.603. The van der Waals surface area contributed by atoms with Gasteiger partial charge in [-0.2, -0.15) is 0 Å². The number of aromatic nitrogens is 3. The smallest absolute Gasteiger partial charge is 0.346 e. The molecule has 3 aromatic rings. The van der Waals surface area contributed by atoms with E-state index < -0.39 is 11.7 Å². The van der Waals surface area contributed by atoms with E-state index in [1.165, 1.54) is 35.0 Å². The molecule has 0 bridgehead atoms. The largest absolute Gasteiger partial charge is 0.350 e. The van der Waals surface area contributed by atoms with Crippen LogP contribution in [0.1, 0.15) is 29.2 Å². The van der Waals surface area contributed by atoms with E-state index in [0.29, 0.717) is 11.4 Å². The van der Waals surface area contributed by atoms with Crippen molar-refractivity contribution in [3.63, 3.8) is 0 Å². The molecule has 1 aliphatic rings. The van der Waals surface area contributed by atoms with E-state index in [4.69, 9.17) is 0 Å². The van der Waals surface area contributed by atoms with Gasteiger partial charge < -0.3 is 5.32 Å². The first-order valence-electron chi connectivity index (χ1n) is 9.02. The van der Waals surface area contributed by atoms with Gasteiger partial charge in [0.1, 0.15) is 11.6 Å². The molecule has 8 heteroatoms. The van der Waals surface area contributed by atoms with Crippen molar-refractivity contribution in [3.8, 4) is 11.4 Å². The van der Waals surface area contributed by atoms with Crippen molar-refractivity contribution in [1.82, 2.24) is 19.7 Å². The molecule has 0 aliphatic heterocycles. The van der Waals surface area contributed by atoms with Crippen LogP contribution in [0.2, 0.25) is 0 Å². The van der Waals surface area contributed by atoms with Crippen LogP contribution in [0.5, 0.6) is 0 Å². The van der Waals surface area contributed by atoms with Crippen LogP contribution in [0.3, 0.4) is 0 Å². The fourth-order valence-electron chi connectivity index (χ4n) is 3.04. The number of rotatable bonds is 6. The highest BCUT2D eigenvalue weighted by Crippen LogP contribution is 2.36. The Labute approximate surface area is 159 Å². The zero-order valence-electron chi connectivity index (χ0n) is 14.9. The van der Waals surface area contributed by atoms with Gasteiger partial charge in [-0.15, -0.1) is 5.10 Å². The van der Waals surface area contributed by atoms with Crippen molar-refractivity contribution in [2.24, 2.45) is 0 Å². The number of hydrogen-bond acceptors (Lipinski definition) is 3. The normalized spacial score (nSPS) is 13.5. The molecule has 4 rings (SSSR count). The van der Waals surface area contributed by atoms with Gasteiger partial charge in [-0.3, -0.25) is 9.36 Å². The lowest BCUT2D eigenvalue weighted by molar-refractivity contribution is 0.0947. The van der Waals surface area contributed by atoms with E-state index in [2.05, 4.69) is 10.4 Å². The van der Waals surface area contributed by atoms with E-state index in [1.807, 2.05) is 0 Å². The summed E-state index contributed by atoms with van der Waals surface area (Å²) in [5.41, 5.74) is 0.326. The predicted molar refractivity (Wildman–Crippen MR) is 98.9 cm³/mol. The molecule has 1 aromatic heterocycles. The molecule has 28 heavy (non-hydrogen) atoms. The Hall–Kier alpha value is -3.29. The second-order valence-electron chi connectivity index (χ2n) is 6.67. The van der Waals surface area contributed by atoms with Crippen molar-refractivity contribution in [1.29, 1.82) is 0 Å². The van der Waals surface area contributed by atoms with Crippen LogP contribution in [0.15, 0.2) is 53.3 Å². The van der Waals surface area contributed by atoms with Crippen molar-refractivity contribution >= 4 is 5.91 Å². The number of nitrogens with one attached hydrogen (secondary N) is 1. The second kappa shape index (κ2) is 7.38. The van der Waals surface area contributed by atoms with Gasteiger partial charge in [-0.05, 0) is 49.2 Å². The quantitative estimate of drug-likeness (QED) is 0.711. The van der Waals surface area contributed by atoms with Gasteiger partial charge in [-0.25, -0.2) is 18.3 Å². The molecule has 144 valence electrons. The summed E-state index contributed by atoms with van der Waals surface area (Å²) >= 11 is 0. The second-order valence-corrected chi connectivity index (χ2v) is 6.67. The van der Waals surface area contributed by atoms with Crippen molar-refractivity contribution in [3.05, 3.63) is 76.2 Å². The Bertz CT molecular complexity index is 1070. The molecule has 1 saturated carbocycles. The number of carbonyl (C=O) groups is 1. The maximum absolute atomic E-state index is 13.7. The summed E-state index contributed by atoms with van der Waals surface area (Å²) in [5, 5.41) is 6.98. The standard InChI is InChI=1S/C20H18F2N4O2/c21-14-7-5-13(6-8-14)18-24-25(20(28)26(18)15-9-10-15)12-11-23-19(27)16-3-1-2-4-17(16)22/h1-8,15H,9-12H2,(H,23,27). The van der Waals surface area contributed by atoms with Gasteiger partial charge in [0.2, 0.25) is 0 Å². The van der Waals surface area contributed by atoms with E-state index >= 15 is 0 Å². The Kier molecular flexibility index (Phi) is 4.77. The van der Waals surface area contributed by atoms with Crippen LogP contribution in [-0.2, 0) is 6.54 Å². The molecule has 1 N–H and O–H groups in total. The highest BCUT2D eigenvalue weighted by molar-refractivity contribution is 5.94. The van der Waals surface area contributed by atoms with Gasteiger partial charge in [0.15, 0.2) is 5.82 Å². The highest BCUT2D eigenvalue weighted by atomic mass is 19.1. The molecule has 0 saturated heterocycles. The number of carbonyl (C=O) groups excluding carboxylic acids is 1. The summed E-state index contributed by atoms with van der Waals surface area (Å²) in [5.74, 6) is -1.03. The zero-order chi connectivity index (χ0) is 19.7. The van der Waals surface area contributed by atoms with Crippen LogP contribution in [0, 0.1) is 11.6 Å². The minimum absolute atomic E-state index is 0.0506. The molecule has 6 nitrogen and oxygen atoms in total. The third-order valence-electron chi connectivity index (χ3n) is 4.61. The van der Waals surface area contributed by atoms with E-state index in [0.717, 1.165) is 12.8 Å². The number of nitrogens with zero attached hydrogens (tertiary/aromatic N) is 3. The van der Waals surface area contributed by atoms with E-state index in [1.54, 1.807) is 22.8 Å². The third kappa shape index (κ3) is 3.58. The average molecular weight is 384 g/mol. The Balaban J connectivity index is 1.52. The Morgan fingerprint density at radius 2 is 1.82 bits per heavy atom. The highest BCUT2D eigenvalue weighted by Gasteiger charge is 2.30. The molecule has 1 aliphatic carbocycles. The van der Waals surface area contributed by atoms with Crippen LogP contribution in [-0.4, -0.2) is 26.8 Å². The molecular formula is C20H18F2N4O2. The van der Waals surface area contributed by atoms with Gasteiger partial charge in [0.25, 0.3) is 5.91 Å². The number of hydrogen-bond donors (Lipinski definition) is 1. The number of halogens is 2. The monoisotopic (exact) mass is 384 g/mol. The molecule has 1 heterocycles. The summed E-state index contributed by atoms with van der Waals surface area (Å²) in [6.45, 7) is 0.268. The Morgan fingerprint density at radius 3 is 2.50 bits per heavy atom. The molecule has 2 aromatic carbocycles. The van der Waals surface area contributed by atoms with Crippen LogP contribution >= 0.6 is 0 Å². The molecule has 1 fully saturated rings. The molecule has 0 atom stereocenters. The molecule has 1 amide bonds. The van der Waals surface area contributed by atoms with Gasteiger partial charge >= 0.3 is 5.69 Å². The fourth-order valence-corrected chi connectivity index (χ4v) is 3.04. The van der Waals surface area contributed by atoms with Gasteiger partial charge in [-0.1, -0.05) is 12.1 Å². The summed E-state index contributed by atoms with van der Waals surface area (Å²) in [6.07, 6.45) is 1.79. The molecule has 0 spiro atoms. The maximum Gasteiger partial charge on any atom is 0.346 e. The zero-order valence-corrected chi connectivity index (χ0v) is 14.9. The summed E-state index contributed by atoms with van der Waals surface area (Å²) < 4.78 is 29.8. The summed E-state index contributed by atoms with van der Waals surface area (Å²) in [6, 6.07) is 11.6. The van der Waals surface area contributed by atoms with Crippen LogP contribution < -0.4 is 11.0 Å². The van der Waals surface area contributed by atoms with Gasteiger partial charge in [0.05, 0.1) is 12.1 Å². The first-order chi connectivity index (χ1) is 13.5. The van der Waals surface area contributed by atoms with Crippen molar-refractivity contribution in [2.75, 3.05) is 6.54 Å². The molecule has 0 unspecified atom stereocenters. The number of benzene rings is 2. The summed E-state index contributed by atoms with van der Waals surface area (Å²) in [4.78, 5) is 24.8. The molecular weight excluding hydrogens is 366 g/mol. The third-order valence-corrected chi connectivity index (χ3v) is 4.61. The summed E-state index contributed by atoms with van der Waals surface area (Å²) in [7, 11) is 0. The molecule has 0 radical (unpaired) electrons. The lowest BCUT2D eigenvalue weighted by Crippen LogP contribution is -2.32. The first kappa shape index (κ1) is 18.1.